The number of anilines is 1. The lowest BCUT2D eigenvalue weighted by Crippen LogP contribution is -2.49. The molecule has 0 bridgehead atoms. The zero-order valence-corrected chi connectivity index (χ0v) is 17.6. The molecule has 0 aliphatic carbocycles. The number of Topliss-reactive ketones (excluding diaryl/α,β-unsaturated/α-hetero) is 1. The van der Waals surface area contributed by atoms with Gasteiger partial charge in [0.25, 0.3) is 11.3 Å². The van der Waals surface area contributed by atoms with Gasteiger partial charge in [-0.15, -0.1) is 0 Å². The summed E-state index contributed by atoms with van der Waals surface area (Å²) in [5.74, 6) is -2.93. The van der Waals surface area contributed by atoms with Gasteiger partial charge in [-0.05, 0) is 12.5 Å². The molecule has 1 amide bonds. The van der Waals surface area contributed by atoms with Crippen LogP contribution in [-0.4, -0.2) is 33.5 Å². The molecule has 0 saturated heterocycles. The van der Waals surface area contributed by atoms with E-state index in [-0.39, 0.29) is 17.9 Å². The number of hydrogen-bond donors (Lipinski definition) is 2. The van der Waals surface area contributed by atoms with Crippen LogP contribution in [0, 0.1) is 6.92 Å². The van der Waals surface area contributed by atoms with Crippen LogP contribution in [0.4, 0.5) is 18.9 Å². The van der Waals surface area contributed by atoms with Crippen LogP contribution in [0.2, 0.25) is 0 Å². The van der Waals surface area contributed by atoms with E-state index in [1.165, 1.54) is 0 Å². The number of nitrogens with zero attached hydrogens (tertiary/aromatic N) is 2. The largest absolute Gasteiger partial charge is 0.452 e. The van der Waals surface area contributed by atoms with Crippen molar-refractivity contribution in [2.75, 3.05) is 5.73 Å². The summed E-state index contributed by atoms with van der Waals surface area (Å²) >= 11 is 0. The molecule has 3 rings (SSSR count). The molecule has 1 unspecified atom stereocenters. The molecule has 172 valence electrons. The van der Waals surface area contributed by atoms with Gasteiger partial charge in [0.15, 0.2) is 0 Å². The minimum atomic E-state index is -5.14. The summed E-state index contributed by atoms with van der Waals surface area (Å²) in [6.07, 6.45) is -4.35. The number of ketones is 1. The Kier molecular flexibility index (Phi) is 6.95. The molecule has 0 aliphatic heterocycles. The van der Waals surface area contributed by atoms with E-state index in [1.54, 1.807) is 54.6 Å². The van der Waals surface area contributed by atoms with Crippen LogP contribution in [0.15, 0.2) is 65.6 Å². The van der Waals surface area contributed by atoms with Crippen molar-refractivity contribution in [2.24, 2.45) is 0 Å². The summed E-state index contributed by atoms with van der Waals surface area (Å²) < 4.78 is 40.4. The smallest absolute Gasteiger partial charge is 0.393 e. The minimum absolute atomic E-state index is 0.117. The summed E-state index contributed by atoms with van der Waals surface area (Å²) in [4.78, 5) is 41.4. The van der Waals surface area contributed by atoms with Gasteiger partial charge in [0.05, 0.1) is 6.20 Å². The van der Waals surface area contributed by atoms with Gasteiger partial charge in [0.2, 0.25) is 5.91 Å². The Hall–Kier alpha value is -3.95. The number of carbonyl (C=O) groups is 2. The molecule has 33 heavy (non-hydrogen) atoms. The number of carbonyl (C=O) groups excluding carboxylic acids is 2. The predicted octanol–water partition coefficient (Wildman–Crippen LogP) is 2.66. The molecular formula is C23H21F3N4O3. The molecule has 1 heterocycles. The topological polar surface area (TPSA) is 107 Å². The van der Waals surface area contributed by atoms with Gasteiger partial charge in [-0.2, -0.15) is 13.2 Å². The maximum Gasteiger partial charge on any atom is 0.452 e. The molecule has 0 fully saturated rings. The lowest BCUT2D eigenvalue weighted by Gasteiger charge is -2.20. The predicted molar refractivity (Wildman–Crippen MR) is 116 cm³/mol. The maximum atomic E-state index is 13.1. The summed E-state index contributed by atoms with van der Waals surface area (Å²) in [5.41, 5.74) is 6.59. The van der Waals surface area contributed by atoms with Gasteiger partial charge in [0, 0.05) is 12.0 Å². The standard InChI is InChI=1S/C23H21F3N4O3/c1-14-7-9-16(10-8-14)21-28-12-17(27)22(33)30(21)13-19(31)29-18(20(32)23(24,25)26)11-15-5-3-2-4-6-15/h2-10,12,18H,11,13,27H2,1H3,(H,29,31). The number of halogens is 3. The van der Waals surface area contributed by atoms with Gasteiger partial charge in [-0.3, -0.25) is 19.0 Å². The molecule has 3 N–H and O–H groups in total. The van der Waals surface area contributed by atoms with E-state index in [2.05, 4.69) is 10.3 Å². The number of nitrogens with one attached hydrogen (secondary N) is 1. The fourth-order valence-electron chi connectivity index (χ4n) is 3.23. The average molecular weight is 458 g/mol. The summed E-state index contributed by atoms with van der Waals surface area (Å²) in [6, 6.07) is 13.1. The highest BCUT2D eigenvalue weighted by molar-refractivity contribution is 5.93. The fraction of sp³-hybridized carbons (Fsp3) is 0.217. The van der Waals surface area contributed by atoms with Crippen LogP contribution in [0.1, 0.15) is 11.1 Å². The fourth-order valence-corrected chi connectivity index (χ4v) is 3.23. The number of hydrogen-bond acceptors (Lipinski definition) is 5. The Morgan fingerprint density at radius 1 is 1.09 bits per heavy atom. The van der Waals surface area contributed by atoms with E-state index in [9.17, 15) is 27.6 Å². The van der Waals surface area contributed by atoms with Crippen molar-refractivity contribution in [2.45, 2.75) is 32.1 Å². The van der Waals surface area contributed by atoms with Crippen molar-refractivity contribution in [1.29, 1.82) is 0 Å². The summed E-state index contributed by atoms with van der Waals surface area (Å²) in [6.45, 7) is 1.20. The average Bonchev–Trinajstić information content (AvgIpc) is 2.77. The number of benzene rings is 2. The van der Waals surface area contributed by atoms with Gasteiger partial charge >= 0.3 is 6.18 Å². The van der Waals surface area contributed by atoms with Gasteiger partial charge < -0.3 is 11.1 Å². The number of aryl methyl sites for hydroxylation is 1. The first-order valence-electron chi connectivity index (χ1n) is 9.93. The van der Waals surface area contributed by atoms with Gasteiger partial charge in [-0.25, -0.2) is 4.98 Å². The van der Waals surface area contributed by atoms with Crippen LogP contribution in [0.5, 0.6) is 0 Å². The van der Waals surface area contributed by atoms with Crippen LogP contribution in [-0.2, 0) is 22.6 Å². The second-order valence-electron chi connectivity index (χ2n) is 7.47. The van der Waals surface area contributed by atoms with Crippen molar-refractivity contribution in [3.63, 3.8) is 0 Å². The Morgan fingerprint density at radius 2 is 1.73 bits per heavy atom. The molecule has 3 aromatic rings. The van der Waals surface area contributed by atoms with Gasteiger partial charge in [0.1, 0.15) is 24.1 Å². The molecule has 10 heteroatoms. The zero-order chi connectivity index (χ0) is 24.2. The molecular weight excluding hydrogens is 437 g/mol. The second-order valence-corrected chi connectivity index (χ2v) is 7.47. The third kappa shape index (κ3) is 5.85. The number of nitrogen functional groups attached to an aromatic ring is 1. The summed E-state index contributed by atoms with van der Waals surface area (Å²) in [5, 5.41) is 2.12. The van der Waals surface area contributed by atoms with E-state index < -0.39 is 36.0 Å². The van der Waals surface area contributed by atoms with Crippen LogP contribution >= 0.6 is 0 Å². The van der Waals surface area contributed by atoms with E-state index in [4.69, 9.17) is 5.73 Å². The van der Waals surface area contributed by atoms with Gasteiger partial charge in [-0.1, -0.05) is 60.2 Å². The quantitative estimate of drug-likeness (QED) is 0.566. The Morgan fingerprint density at radius 3 is 2.33 bits per heavy atom. The SMILES string of the molecule is Cc1ccc(-c2ncc(N)c(=O)n2CC(=O)NC(Cc2ccccc2)C(=O)C(F)(F)F)cc1. The van der Waals surface area contributed by atoms with Crippen molar-refractivity contribution >= 4 is 17.4 Å². The van der Waals surface area contributed by atoms with Crippen LogP contribution < -0.4 is 16.6 Å². The molecule has 1 atom stereocenters. The first kappa shape index (κ1) is 23.7. The lowest BCUT2D eigenvalue weighted by atomic mass is 10.0. The Bertz CT molecular complexity index is 1210. The first-order chi connectivity index (χ1) is 15.6. The third-order valence-corrected chi connectivity index (χ3v) is 4.90. The van der Waals surface area contributed by atoms with E-state index >= 15 is 0 Å². The Labute approximate surface area is 187 Å². The van der Waals surface area contributed by atoms with E-state index in [0.717, 1.165) is 16.3 Å². The molecule has 0 saturated carbocycles. The second kappa shape index (κ2) is 9.68. The summed E-state index contributed by atoms with van der Waals surface area (Å²) in [7, 11) is 0. The number of aromatic nitrogens is 2. The third-order valence-electron chi connectivity index (χ3n) is 4.90. The van der Waals surface area contributed by atoms with Crippen molar-refractivity contribution in [3.05, 3.63) is 82.3 Å². The highest BCUT2D eigenvalue weighted by Gasteiger charge is 2.43. The first-order valence-corrected chi connectivity index (χ1v) is 9.93. The number of amides is 1. The molecule has 0 spiro atoms. The molecule has 0 radical (unpaired) electrons. The molecule has 7 nitrogen and oxygen atoms in total. The van der Waals surface area contributed by atoms with Crippen LogP contribution in [0.3, 0.4) is 0 Å². The zero-order valence-electron chi connectivity index (χ0n) is 17.6. The van der Waals surface area contributed by atoms with Crippen molar-refractivity contribution in [3.8, 4) is 11.4 Å². The number of nitrogens with two attached hydrogens (primary N) is 1. The Balaban J connectivity index is 1.90. The number of alkyl halides is 3. The molecule has 0 aliphatic rings. The monoisotopic (exact) mass is 458 g/mol. The minimum Gasteiger partial charge on any atom is -0.393 e. The van der Waals surface area contributed by atoms with Crippen molar-refractivity contribution in [1.82, 2.24) is 14.9 Å². The lowest BCUT2D eigenvalue weighted by molar-refractivity contribution is -0.173. The normalized spacial score (nSPS) is 12.2. The van der Waals surface area contributed by atoms with E-state index in [1.807, 2.05) is 6.92 Å². The van der Waals surface area contributed by atoms with Crippen molar-refractivity contribution < 1.29 is 22.8 Å². The number of rotatable bonds is 7. The molecule has 1 aromatic heterocycles. The van der Waals surface area contributed by atoms with E-state index in [0.29, 0.717) is 11.1 Å². The maximum absolute atomic E-state index is 13.1. The molecule has 2 aromatic carbocycles. The van der Waals surface area contributed by atoms with Crippen LogP contribution in [0.25, 0.3) is 11.4 Å². The highest BCUT2D eigenvalue weighted by atomic mass is 19.4. The highest BCUT2D eigenvalue weighted by Crippen LogP contribution is 2.20.